The Morgan fingerprint density at radius 3 is 2.80 bits per heavy atom. The first-order valence-corrected chi connectivity index (χ1v) is 8.75. The van der Waals surface area contributed by atoms with Crippen LogP contribution in [0.25, 0.3) is 0 Å². The van der Waals surface area contributed by atoms with Gasteiger partial charge in [-0.05, 0) is 25.8 Å². The van der Waals surface area contributed by atoms with E-state index < -0.39 is 0 Å². The van der Waals surface area contributed by atoms with Crippen molar-refractivity contribution in [2.75, 3.05) is 24.6 Å². The van der Waals surface area contributed by atoms with Crippen molar-refractivity contribution in [2.45, 2.75) is 38.0 Å². The Bertz CT molecular complexity index is 731. The molecule has 2 fully saturated rings. The van der Waals surface area contributed by atoms with Crippen LogP contribution in [0.5, 0.6) is 0 Å². The second kappa shape index (κ2) is 6.31. The van der Waals surface area contributed by atoms with Gasteiger partial charge in [-0.3, -0.25) is 14.4 Å². The van der Waals surface area contributed by atoms with Crippen molar-refractivity contribution < 1.29 is 13.9 Å². The molecule has 7 nitrogen and oxygen atoms in total. The number of carbonyl (C=O) groups is 1. The first kappa shape index (κ1) is 16.4. The molecule has 1 amide bonds. The molecule has 0 N–H and O–H groups in total. The lowest BCUT2D eigenvalue weighted by molar-refractivity contribution is -0.152. The van der Waals surface area contributed by atoms with Gasteiger partial charge in [-0.15, -0.1) is 0 Å². The smallest absolute Gasteiger partial charge is 0.253 e. The third kappa shape index (κ3) is 2.98. The number of carbonyl (C=O) groups excluding carboxylic acids is 1. The summed E-state index contributed by atoms with van der Waals surface area (Å²) in [6.45, 7) is 5.03. The topological polar surface area (TPSA) is 63.7 Å². The fourth-order valence-electron chi connectivity index (χ4n) is 4.04. The third-order valence-corrected chi connectivity index (χ3v) is 5.56. The highest BCUT2D eigenvalue weighted by atomic mass is 16.5. The number of morpholine rings is 1. The van der Waals surface area contributed by atoms with Crippen molar-refractivity contribution in [1.82, 2.24) is 14.7 Å². The second-order valence-electron chi connectivity index (χ2n) is 7.07. The summed E-state index contributed by atoms with van der Waals surface area (Å²) in [5, 5.41) is 4.21. The van der Waals surface area contributed by atoms with E-state index in [1.165, 1.54) is 5.56 Å². The Morgan fingerprint density at radius 1 is 1.36 bits per heavy atom. The van der Waals surface area contributed by atoms with Gasteiger partial charge < -0.3 is 14.1 Å². The summed E-state index contributed by atoms with van der Waals surface area (Å²) in [5.41, 5.74) is 1.76. The number of hydrogen-bond acceptors (Lipinski definition) is 5. The van der Waals surface area contributed by atoms with Crippen molar-refractivity contribution >= 4 is 11.6 Å². The zero-order valence-corrected chi connectivity index (χ0v) is 14.7. The molecule has 0 saturated carbocycles. The van der Waals surface area contributed by atoms with Gasteiger partial charge in [0.05, 0.1) is 36.1 Å². The van der Waals surface area contributed by atoms with Crippen LogP contribution in [0.1, 0.15) is 25.3 Å². The van der Waals surface area contributed by atoms with Crippen molar-refractivity contribution in [1.29, 1.82) is 0 Å². The first-order chi connectivity index (χ1) is 12.1. The van der Waals surface area contributed by atoms with Crippen LogP contribution in [0.4, 0.5) is 5.69 Å². The molecule has 0 aromatic carbocycles. The van der Waals surface area contributed by atoms with Gasteiger partial charge in [0, 0.05) is 38.4 Å². The predicted octanol–water partition coefficient (Wildman–Crippen LogP) is 1.80. The first-order valence-electron chi connectivity index (χ1n) is 8.75. The summed E-state index contributed by atoms with van der Waals surface area (Å²) in [6.07, 6.45) is 8.98. The van der Waals surface area contributed by atoms with Crippen LogP contribution >= 0.6 is 0 Å². The molecule has 0 aliphatic carbocycles. The molecule has 134 valence electrons. The summed E-state index contributed by atoms with van der Waals surface area (Å²) >= 11 is 0. The van der Waals surface area contributed by atoms with Crippen molar-refractivity contribution in [3.05, 3.63) is 36.5 Å². The summed E-state index contributed by atoms with van der Waals surface area (Å²) < 4.78 is 13.0. The molecule has 25 heavy (non-hydrogen) atoms. The molecular formula is C18H24N4O3. The van der Waals surface area contributed by atoms with E-state index in [2.05, 4.69) is 16.9 Å². The van der Waals surface area contributed by atoms with Gasteiger partial charge in [-0.1, -0.05) is 0 Å². The normalized spacial score (nSPS) is 24.2. The maximum atomic E-state index is 12.5. The average Bonchev–Trinajstić information content (AvgIpc) is 3.26. The van der Waals surface area contributed by atoms with Crippen LogP contribution in [-0.2, 0) is 23.1 Å². The van der Waals surface area contributed by atoms with Gasteiger partial charge in [-0.2, -0.15) is 5.10 Å². The minimum Gasteiger partial charge on any atom is -0.472 e. The lowest BCUT2D eigenvalue weighted by Crippen LogP contribution is -2.64. The number of rotatable bonds is 3. The summed E-state index contributed by atoms with van der Waals surface area (Å²) in [6, 6.07) is 2.00. The number of nitrogens with zero attached hydrogens (tertiary/aromatic N) is 4. The van der Waals surface area contributed by atoms with Gasteiger partial charge in [0.1, 0.15) is 6.61 Å². The Labute approximate surface area is 147 Å². The summed E-state index contributed by atoms with van der Waals surface area (Å²) in [4.78, 5) is 16.7. The maximum Gasteiger partial charge on any atom is 0.253 e. The molecule has 2 saturated heterocycles. The highest BCUT2D eigenvalue weighted by Crippen LogP contribution is 2.37. The molecule has 7 heteroatoms. The fourth-order valence-corrected chi connectivity index (χ4v) is 4.04. The van der Waals surface area contributed by atoms with E-state index in [1.807, 2.05) is 24.2 Å². The third-order valence-electron chi connectivity index (χ3n) is 5.56. The van der Waals surface area contributed by atoms with Gasteiger partial charge in [0.2, 0.25) is 0 Å². The highest BCUT2D eigenvalue weighted by molar-refractivity contribution is 5.95. The van der Waals surface area contributed by atoms with Crippen LogP contribution < -0.4 is 4.90 Å². The molecule has 2 aliphatic rings. The molecule has 4 heterocycles. The zero-order valence-electron chi connectivity index (χ0n) is 14.7. The van der Waals surface area contributed by atoms with E-state index in [9.17, 15) is 4.79 Å². The van der Waals surface area contributed by atoms with Crippen LogP contribution in [0.3, 0.4) is 0 Å². The molecule has 1 spiro atoms. The summed E-state index contributed by atoms with van der Waals surface area (Å²) in [5.74, 6) is 0.00644. The number of ether oxygens (including phenoxy) is 1. The van der Waals surface area contributed by atoms with E-state index in [-0.39, 0.29) is 24.2 Å². The molecule has 0 bridgehead atoms. The predicted molar refractivity (Wildman–Crippen MR) is 92.1 cm³/mol. The highest BCUT2D eigenvalue weighted by Gasteiger charge is 2.48. The summed E-state index contributed by atoms with van der Waals surface area (Å²) in [7, 11) is 1.86. The lowest BCUT2D eigenvalue weighted by atomic mass is 9.82. The van der Waals surface area contributed by atoms with E-state index in [0.717, 1.165) is 38.2 Å². The van der Waals surface area contributed by atoms with Crippen molar-refractivity contribution in [3.8, 4) is 0 Å². The molecular weight excluding hydrogens is 320 g/mol. The zero-order chi connectivity index (χ0) is 17.4. The quantitative estimate of drug-likeness (QED) is 0.850. The van der Waals surface area contributed by atoms with Crippen molar-refractivity contribution in [2.24, 2.45) is 7.05 Å². The van der Waals surface area contributed by atoms with E-state index in [1.54, 1.807) is 23.4 Å². The Balaban J connectivity index is 1.47. The number of hydrogen-bond donors (Lipinski definition) is 0. The number of aromatic nitrogens is 2. The number of anilines is 1. The molecule has 4 rings (SSSR count). The number of piperidine rings is 1. The van der Waals surface area contributed by atoms with Crippen LogP contribution in [-0.4, -0.2) is 51.9 Å². The number of likely N-dealkylation sites (tertiary alicyclic amines) is 1. The van der Waals surface area contributed by atoms with E-state index in [4.69, 9.17) is 9.15 Å². The molecule has 0 radical (unpaired) electrons. The van der Waals surface area contributed by atoms with E-state index in [0.29, 0.717) is 0 Å². The molecule has 2 aromatic heterocycles. The van der Waals surface area contributed by atoms with Crippen LogP contribution in [0.2, 0.25) is 0 Å². The minimum atomic E-state index is -0.281. The fraction of sp³-hybridized carbons (Fsp3) is 0.556. The largest absolute Gasteiger partial charge is 0.472 e. The van der Waals surface area contributed by atoms with Crippen LogP contribution in [0, 0.1) is 0 Å². The number of furan rings is 1. The lowest BCUT2D eigenvalue weighted by Gasteiger charge is -2.51. The molecule has 1 atom stereocenters. The average molecular weight is 344 g/mol. The van der Waals surface area contributed by atoms with Gasteiger partial charge >= 0.3 is 0 Å². The molecule has 2 aliphatic heterocycles. The number of amides is 1. The maximum absolute atomic E-state index is 12.5. The van der Waals surface area contributed by atoms with Gasteiger partial charge in [0.25, 0.3) is 5.91 Å². The SMILES string of the molecule is C[C@H]1N(c2cnn(C)c2)C(=O)COC12CCN(Cc1ccoc1)CC2. The monoisotopic (exact) mass is 344 g/mol. The Morgan fingerprint density at radius 2 is 2.16 bits per heavy atom. The second-order valence-corrected chi connectivity index (χ2v) is 7.07. The standard InChI is InChI=1S/C18H24N4O3/c1-14-18(4-6-21(7-5-18)10-15-3-8-24-12-15)25-13-17(23)22(14)16-9-19-20(2)11-16/h3,8-9,11-12,14H,4-7,10,13H2,1-2H3/t14-/m1/s1. The van der Waals surface area contributed by atoms with Crippen LogP contribution in [0.15, 0.2) is 35.4 Å². The van der Waals surface area contributed by atoms with Gasteiger partial charge in [-0.25, -0.2) is 0 Å². The molecule has 0 unspecified atom stereocenters. The minimum absolute atomic E-state index is 0.00553. The van der Waals surface area contributed by atoms with E-state index >= 15 is 0 Å². The Hall–Kier alpha value is -2.12. The van der Waals surface area contributed by atoms with Crippen molar-refractivity contribution in [3.63, 3.8) is 0 Å². The van der Waals surface area contributed by atoms with Gasteiger partial charge in [0.15, 0.2) is 0 Å². The number of aryl methyl sites for hydroxylation is 1. The molecule has 2 aromatic rings. The Kier molecular flexibility index (Phi) is 4.13.